The van der Waals surface area contributed by atoms with E-state index in [0.717, 1.165) is 55.0 Å². The second-order valence-electron chi connectivity index (χ2n) is 6.88. The van der Waals surface area contributed by atoms with Crippen molar-refractivity contribution >= 4 is 11.6 Å². The summed E-state index contributed by atoms with van der Waals surface area (Å²) in [6.45, 7) is 4.90. The number of rotatable bonds is 3. The predicted molar refractivity (Wildman–Crippen MR) is 99.9 cm³/mol. The summed E-state index contributed by atoms with van der Waals surface area (Å²) in [6.07, 6.45) is 2.94. The Morgan fingerprint density at radius 1 is 1.12 bits per heavy atom. The number of piperazine rings is 1. The van der Waals surface area contributed by atoms with Crippen molar-refractivity contribution < 1.29 is 9.53 Å². The zero-order valence-corrected chi connectivity index (χ0v) is 15.4. The van der Waals surface area contributed by atoms with Crippen molar-refractivity contribution in [3.05, 3.63) is 47.0 Å². The third kappa shape index (κ3) is 3.11. The second-order valence-corrected chi connectivity index (χ2v) is 6.88. The third-order valence-corrected chi connectivity index (χ3v) is 5.23. The molecule has 4 rings (SSSR count). The van der Waals surface area contributed by atoms with Crippen LogP contribution in [0.4, 0.5) is 5.69 Å². The molecule has 0 unspecified atom stereocenters. The van der Waals surface area contributed by atoms with E-state index < -0.39 is 0 Å². The van der Waals surface area contributed by atoms with E-state index in [1.807, 2.05) is 30.0 Å². The van der Waals surface area contributed by atoms with Crippen LogP contribution in [0.5, 0.6) is 5.75 Å². The van der Waals surface area contributed by atoms with Gasteiger partial charge in [0.15, 0.2) is 0 Å². The molecule has 0 atom stereocenters. The third-order valence-electron chi connectivity index (χ3n) is 5.23. The number of amides is 1. The van der Waals surface area contributed by atoms with E-state index in [1.165, 1.54) is 0 Å². The molecule has 26 heavy (non-hydrogen) atoms. The summed E-state index contributed by atoms with van der Waals surface area (Å²) >= 11 is 0. The van der Waals surface area contributed by atoms with Crippen LogP contribution in [0.1, 0.15) is 34.0 Å². The topological polar surface area (TPSA) is 58.6 Å². The lowest BCUT2D eigenvalue weighted by Crippen LogP contribution is -2.49. The van der Waals surface area contributed by atoms with Crippen molar-refractivity contribution in [2.75, 3.05) is 38.2 Å². The number of carbonyl (C=O) groups excluding carboxylic acids is 1. The Kier molecular flexibility index (Phi) is 4.49. The SMILES string of the molecule is COc1cccc(N2CCN(C(=O)c3nc(C)nc4c3CCC4)CC2)c1. The Hall–Kier alpha value is -2.63. The van der Waals surface area contributed by atoms with Crippen LogP contribution in [0.25, 0.3) is 0 Å². The molecule has 0 spiro atoms. The van der Waals surface area contributed by atoms with Crippen LogP contribution >= 0.6 is 0 Å². The van der Waals surface area contributed by atoms with Crippen LogP contribution in [-0.2, 0) is 12.8 Å². The molecule has 0 saturated carbocycles. The monoisotopic (exact) mass is 352 g/mol. The number of hydrogen-bond donors (Lipinski definition) is 0. The van der Waals surface area contributed by atoms with E-state index in [1.54, 1.807) is 7.11 Å². The van der Waals surface area contributed by atoms with Gasteiger partial charge in [0.1, 0.15) is 17.3 Å². The maximum Gasteiger partial charge on any atom is 0.273 e. The number of ether oxygens (including phenoxy) is 1. The van der Waals surface area contributed by atoms with Gasteiger partial charge < -0.3 is 14.5 Å². The zero-order chi connectivity index (χ0) is 18.1. The minimum Gasteiger partial charge on any atom is -0.497 e. The first-order chi connectivity index (χ1) is 12.7. The van der Waals surface area contributed by atoms with Crippen LogP contribution in [0.3, 0.4) is 0 Å². The number of hydrogen-bond acceptors (Lipinski definition) is 5. The standard InChI is InChI=1S/C20H24N4O2/c1-14-21-18-8-4-7-17(18)19(22-14)20(25)24-11-9-23(10-12-24)15-5-3-6-16(13-15)26-2/h3,5-6,13H,4,7-12H2,1-2H3. The van der Waals surface area contributed by atoms with Gasteiger partial charge in [0.05, 0.1) is 7.11 Å². The summed E-state index contributed by atoms with van der Waals surface area (Å²) in [4.78, 5) is 26.3. The minimum absolute atomic E-state index is 0.0546. The molecule has 1 aromatic carbocycles. The average molecular weight is 352 g/mol. The summed E-state index contributed by atoms with van der Waals surface area (Å²) in [5.74, 6) is 1.61. The average Bonchev–Trinajstić information content (AvgIpc) is 3.15. The van der Waals surface area contributed by atoms with Gasteiger partial charge in [-0.15, -0.1) is 0 Å². The molecule has 1 aliphatic heterocycles. The highest BCUT2D eigenvalue weighted by Gasteiger charge is 2.28. The van der Waals surface area contributed by atoms with E-state index in [-0.39, 0.29) is 5.91 Å². The smallest absolute Gasteiger partial charge is 0.273 e. The van der Waals surface area contributed by atoms with Gasteiger partial charge >= 0.3 is 0 Å². The molecular weight excluding hydrogens is 328 g/mol. The molecule has 6 heteroatoms. The maximum atomic E-state index is 13.1. The summed E-state index contributed by atoms with van der Waals surface area (Å²) in [7, 11) is 1.68. The number of benzene rings is 1. The van der Waals surface area contributed by atoms with Crippen molar-refractivity contribution in [1.82, 2.24) is 14.9 Å². The van der Waals surface area contributed by atoms with Crippen LogP contribution < -0.4 is 9.64 Å². The van der Waals surface area contributed by atoms with E-state index in [0.29, 0.717) is 24.6 Å². The molecule has 0 radical (unpaired) electrons. The normalized spacial score (nSPS) is 16.5. The molecule has 0 N–H and O–H groups in total. The summed E-state index contributed by atoms with van der Waals surface area (Å²) in [5, 5.41) is 0. The molecule has 1 fully saturated rings. The number of carbonyl (C=O) groups is 1. The number of aromatic nitrogens is 2. The van der Waals surface area contributed by atoms with E-state index in [2.05, 4.69) is 20.9 Å². The van der Waals surface area contributed by atoms with Crippen molar-refractivity contribution in [3.63, 3.8) is 0 Å². The first-order valence-corrected chi connectivity index (χ1v) is 9.20. The summed E-state index contributed by atoms with van der Waals surface area (Å²) in [5.41, 5.74) is 3.89. The Morgan fingerprint density at radius 3 is 2.69 bits per heavy atom. The lowest BCUT2D eigenvalue weighted by molar-refractivity contribution is 0.0739. The number of anilines is 1. The highest BCUT2D eigenvalue weighted by Crippen LogP contribution is 2.25. The van der Waals surface area contributed by atoms with Gasteiger partial charge in [0, 0.05) is 49.2 Å². The van der Waals surface area contributed by atoms with Crippen LogP contribution in [0.2, 0.25) is 0 Å². The molecule has 2 heterocycles. The van der Waals surface area contributed by atoms with Gasteiger partial charge in [0.25, 0.3) is 5.91 Å². The van der Waals surface area contributed by atoms with E-state index >= 15 is 0 Å². The lowest BCUT2D eigenvalue weighted by atomic mass is 10.1. The van der Waals surface area contributed by atoms with Gasteiger partial charge in [-0.3, -0.25) is 4.79 Å². The van der Waals surface area contributed by atoms with Gasteiger partial charge in [-0.2, -0.15) is 0 Å². The molecule has 6 nitrogen and oxygen atoms in total. The Bertz CT molecular complexity index is 829. The predicted octanol–water partition coefficient (Wildman–Crippen LogP) is 2.24. The van der Waals surface area contributed by atoms with E-state index in [9.17, 15) is 4.79 Å². The molecular formula is C20H24N4O2. The fraction of sp³-hybridized carbons (Fsp3) is 0.450. The van der Waals surface area contributed by atoms with Crippen LogP contribution in [0, 0.1) is 6.92 Å². The molecule has 1 saturated heterocycles. The molecule has 136 valence electrons. The molecule has 0 bridgehead atoms. The number of nitrogens with zero attached hydrogens (tertiary/aromatic N) is 4. The Balaban J connectivity index is 1.47. The maximum absolute atomic E-state index is 13.1. The summed E-state index contributed by atoms with van der Waals surface area (Å²) in [6, 6.07) is 8.07. The Morgan fingerprint density at radius 2 is 1.92 bits per heavy atom. The largest absolute Gasteiger partial charge is 0.497 e. The number of aryl methyl sites for hydroxylation is 2. The quantitative estimate of drug-likeness (QED) is 0.848. The van der Waals surface area contributed by atoms with Gasteiger partial charge in [0.2, 0.25) is 0 Å². The first-order valence-electron chi connectivity index (χ1n) is 9.20. The highest BCUT2D eigenvalue weighted by molar-refractivity contribution is 5.94. The van der Waals surface area contributed by atoms with E-state index in [4.69, 9.17) is 4.74 Å². The number of fused-ring (bicyclic) bond motifs is 1. The second kappa shape index (κ2) is 6.94. The van der Waals surface area contributed by atoms with Gasteiger partial charge in [-0.1, -0.05) is 6.07 Å². The van der Waals surface area contributed by atoms with Gasteiger partial charge in [-0.05, 0) is 38.3 Å². The van der Waals surface area contributed by atoms with Crippen LogP contribution in [-0.4, -0.2) is 54.1 Å². The van der Waals surface area contributed by atoms with Crippen molar-refractivity contribution in [1.29, 1.82) is 0 Å². The summed E-state index contributed by atoms with van der Waals surface area (Å²) < 4.78 is 5.31. The number of methoxy groups -OCH3 is 1. The Labute approximate surface area is 153 Å². The molecule has 1 aliphatic carbocycles. The lowest BCUT2D eigenvalue weighted by Gasteiger charge is -2.36. The highest BCUT2D eigenvalue weighted by atomic mass is 16.5. The molecule has 1 aromatic heterocycles. The van der Waals surface area contributed by atoms with Crippen molar-refractivity contribution in [3.8, 4) is 5.75 Å². The molecule has 1 amide bonds. The first kappa shape index (κ1) is 16.8. The fourth-order valence-corrected chi connectivity index (χ4v) is 3.86. The van der Waals surface area contributed by atoms with Crippen molar-refractivity contribution in [2.45, 2.75) is 26.2 Å². The zero-order valence-electron chi connectivity index (χ0n) is 15.4. The molecule has 2 aromatic rings. The van der Waals surface area contributed by atoms with Crippen molar-refractivity contribution in [2.24, 2.45) is 0 Å². The van der Waals surface area contributed by atoms with Crippen LogP contribution in [0.15, 0.2) is 24.3 Å². The van der Waals surface area contributed by atoms with Gasteiger partial charge in [-0.25, -0.2) is 9.97 Å². The minimum atomic E-state index is 0.0546. The molecule has 2 aliphatic rings. The fourth-order valence-electron chi connectivity index (χ4n) is 3.86.